The molecule has 1 aromatic rings. The smallest absolute Gasteiger partial charge is 0.231 e. The lowest BCUT2D eigenvalue weighted by Crippen LogP contribution is -2.27. The van der Waals surface area contributed by atoms with E-state index in [9.17, 15) is 0 Å². The Morgan fingerprint density at radius 1 is 1.39 bits per heavy atom. The monoisotopic (exact) mass is 249 g/mol. The molecule has 3 rings (SSSR count). The Morgan fingerprint density at radius 3 is 2.94 bits per heavy atom. The molecule has 0 saturated heterocycles. The number of methoxy groups -OCH3 is 1. The molecule has 0 spiro atoms. The van der Waals surface area contributed by atoms with Crippen LogP contribution in [-0.4, -0.2) is 19.9 Å². The Balaban J connectivity index is 1.71. The molecule has 0 aromatic heterocycles. The van der Waals surface area contributed by atoms with Crippen molar-refractivity contribution in [1.29, 1.82) is 0 Å². The van der Waals surface area contributed by atoms with Crippen molar-refractivity contribution in [3.05, 3.63) is 17.7 Å². The Hall–Kier alpha value is -1.42. The van der Waals surface area contributed by atoms with Crippen molar-refractivity contribution >= 4 is 0 Å². The van der Waals surface area contributed by atoms with Crippen molar-refractivity contribution in [2.75, 3.05) is 13.9 Å². The van der Waals surface area contributed by atoms with Crippen molar-refractivity contribution in [1.82, 2.24) is 5.32 Å². The van der Waals surface area contributed by atoms with Gasteiger partial charge in [-0.05, 0) is 43.4 Å². The molecule has 1 unspecified atom stereocenters. The molecule has 1 aliphatic heterocycles. The van der Waals surface area contributed by atoms with E-state index >= 15 is 0 Å². The summed E-state index contributed by atoms with van der Waals surface area (Å²) in [7, 11) is 1.65. The van der Waals surface area contributed by atoms with E-state index in [1.165, 1.54) is 18.4 Å². The first-order valence-corrected chi connectivity index (χ1v) is 6.48. The van der Waals surface area contributed by atoms with E-state index in [4.69, 9.17) is 14.2 Å². The Labute approximate surface area is 107 Å². The minimum absolute atomic E-state index is 0.279. The first kappa shape index (κ1) is 11.7. The molecule has 1 aliphatic carbocycles. The largest absolute Gasteiger partial charge is 0.493 e. The summed E-state index contributed by atoms with van der Waals surface area (Å²) in [6.45, 7) is 3.37. The van der Waals surface area contributed by atoms with Crippen LogP contribution in [0.3, 0.4) is 0 Å². The van der Waals surface area contributed by atoms with Crippen molar-refractivity contribution in [3.63, 3.8) is 0 Å². The maximum absolute atomic E-state index is 5.42. The lowest BCUT2D eigenvalue weighted by molar-refractivity contribution is 0.171. The van der Waals surface area contributed by atoms with Crippen LogP contribution in [0.15, 0.2) is 12.1 Å². The maximum Gasteiger partial charge on any atom is 0.231 e. The number of hydrogen-bond donors (Lipinski definition) is 1. The van der Waals surface area contributed by atoms with E-state index in [-0.39, 0.29) is 6.79 Å². The summed E-state index contributed by atoms with van der Waals surface area (Å²) in [6.07, 6.45) is 2.72. The second-order valence-electron chi connectivity index (χ2n) is 5.04. The van der Waals surface area contributed by atoms with Gasteiger partial charge in [-0.15, -0.1) is 0 Å². The first-order chi connectivity index (χ1) is 8.78. The van der Waals surface area contributed by atoms with E-state index in [1.54, 1.807) is 7.11 Å². The summed E-state index contributed by atoms with van der Waals surface area (Å²) in [6, 6.07) is 4.62. The Kier molecular flexibility index (Phi) is 3.04. The fourth-order valence-corrected chi connectivity index (χ4v) is 2.33. The standard InChI is InChI=1S/C14H19NO3/c1-9(11-3-4-11)15-7-10-5-12(16-2)14-13(6-10)17-8-18-14/h5-6,9,11,15H,3-4,7-8H2,1-2H3. The summed E-state index contributed by atoms with van der Waals surface area (Å²) >= 11 is 0. The molecule has 4 nitrogen and oxygen atoms in total. The molecule has 18 heavy (non-hydrogen) atoms. The molecule has 4 heteroatoms. The molecule has 98 valence electrons. The SMILES string of the molecule is COc1cc(CNC(C)C2CC2)cc2c1OCO2. The van der Waals surface area contributed by atoms with Crippen molar-refractivity contribution in [2.45, 2.75) is 32.4 Å². The summed E-state index contributed by atoms with van der Waals surface area (Å²) in [5.41, 5.74) is 1.17. The minimum Gasteiger partial charge on any atom is -0.493 e. The van der Waals surface area contributed by atoms with Gasteiger partial charge in [0.15, 0.2) is 11.5 Å². The first-order valence-electron chi connectivity index (χ1n) is 6.48. The number of ether oxygens (including phenoxy) is 3. The quantitative estimate of drug-likeness (QED) is 0.869. The highest BCUT2D eigenvalue weighted by atomic mass is 16.7. The number of benzene rings is 1. The summed E-state index contributed by atoms with van der Waals surface area (Å²) in [5.74, 6) is 3.11. The van der Waals surface area contributed by atoms with Gasteiger partial charge in [-0.2, -0.15) is 0 Å². The molecule has 2 aliphatic rings. The van der Waals surface area contributed by atoms with E-state index < -0.39 is 0 Å². The lowest BCUT2D eigenvalue weighted by atomic mass is 10.1. The third kappa shape index (κ3) is 2.25. The molecule has 1 fully saturated rings. The van der Waals surface area contributed by atoms with Crippen LogP contribution >= 0.6 is 0 Å². The van der Waals surface area contributed by atoms with Crippen molar-refractivity contribution in [2.24, 2.45) is 5.92 Å². The number of rotatable bonds is 5. The summed E-state index contributed by atoms with van der Waals surface area (Å²) < 4.78 is 16.1. The van der Waals surface area contributed by atoms with Gasteiger partial charge in [-0.1, -0.05) is 0 Å². The fourth-order valence-electron chi connectivity index (χ4n) is 2.33. The van der Waals surface area contributed by atoms with Gasteiger partial charge in [0.25, 0.3) is 0 Å². The molecule has 1 heterocycles. The minimum atomic E-state index is 0.279. The predicted octanol–water partition coefficient (Wildman–Crippen LogP) is 2.31. The lowest BCUT2D eigenvalue weighted by Gasteiger charge is -2.14. The molecule has 0 bridgehead atoms. The summed E-state index contributed by atoms with van der Waals surface area (Å²) in [5, 5.41) is 3.55. The molecule has 1 atom stereocenters. The Bertz CT molecular complexity index is 443. The maximum atomic E-state index is 5.42. The van der Waals surface area contributed by atoms with Crippen LogP contribution < -0.4 is 19.5 Å². The van der Waals surface area contributed by atoms with E-state index in [0.717, 1.165) is 29.7 Å². The van der Waals surface area contributed by atoms with Crippen LogP contribution in [0.2, 0.25) is 0 Å². The van der Waals surface area contributed by atoms with Crippen LogP contribution in [0.1, 0.15) is 25.3 Å². The molecule has 0 radical (unpaired) electrons. The third-order valence-electron chi connectivity index (χ3n) is 3.68. The van der Waals surface area contributed by atoms with Gasteiger partial charge in [-0.3, -0.25) is 0 Å². The molecule has 0 amide bonds. The Morgan fingerprint density at radius 2 is 2.22 bits per heavy atom. The molecule has 1 aromatic carbocycles. The summed E-state index contributed by atoms with van der Waals surface area (Å²) in [4.78, 5) is 0. The van der Waals surface area contributed by atoms with Crippen LogP contribution in [0.25, 0.3) is 0 Å². The van der Waals surface area contributed by atoms with E-state index in [1.807, 2.05) is 12.1 Å². The molecular weight excluding hydrogens is 230 g/mol. The van der Waals surface area contributed by atoms with Crippen LogP contribution in [0.5, 0.6) is 17.2 Å². The van der Waals surface area contributed by atoms with Crippen LogP contribution in [0.4, 0.5) is 0 Å². The number of nitrogens with one attached hydrogen (secondary N) is 1. The van der Waals surface area contributed by atoms with Gasteiger partial charge in [0.2, 0.25) is 12.5 Å². The normalized spacial score (nSPS) is 18.8. The zero-order valence-corrected chi connectivity index (χ0v) is 10.9. The number of fused-ring (bicyclic) bond motifs is 1. The highest BCUT2D eigenvalue weighted by molar-refractivity contribution is 5.55. The topological polar surface area (TPSA) is 39.7 Å². The van der Waals surface area contributed by atoms with Crippen molar-refractivity contribution < 1.29 is 14.2 Å². The van der Waals surface area contributed by atoms with Crippen LogP contribution in [0, 0.1) is 5.92 Å². The van der Waals surface area contributed by atoms with E-state index in [2.05, 4.69) is 12.2 Å². The zero-order valence-electron chi connectivity index (χ0n) is 10.9. The predicted molar refractivity (Wildman–Crippen MR) is 68.1 cm³/mol. The average molecular weight is 249 g/mol. The second-order valence-corrected chi connectivity index (χ2v) is 5.04. The van der Waals surface area contributed by atoms with Gasteiger partial charge >= 0.3 is 0 Å². The fraction of sp³-hybridized carbons (Fsp3) is 0.571. The number of hydrogen-bond acceptors (Lipinski definition) is 4. The molecule has 1 N–H and O–H groups in total. The zero-order chi connectivity index (χ0) is 12.5. The van der Waals surface area contributed by atoms with E-state index in [0.29, 0.717) is 6.04 Å². The molecule has 1 saturated carbocycles. The average Bonchev–Trinajstić information content (AvgIpc) is 3.13. The third-order valence-corrected chi connectivity index (χ3v) is 3.68. The van der Waals surface area contributed by atoms with Gasteiger partial charge in [-0.25, -0.2) is 0 Å². The second kappa shape index (κ2) is 4.69. The van der Waals surface area contributed by atoms with Crippen molar-refractivity contribution in [3.8, 4) is 17.2 Å². The highest BCUT2D eigenvalue weighted by Gasteiger charge is 2.27. The van der Waals surface area contributed by atoms with Crippen LogP contribution in [-0.2, 0) is 6.54 Å². The highest BCUT2D eigenvalue weighted by Crippen LogP contribution is 2.41. The molecular formula is C14H19NO3. The van der Waals surface area contributed by atoms with Gasteiger partial charge in [0.05, 0.1) is 7.11 Å². The van der Waals surface area contributed by atoms with Gasteiger partial charge in [0.1, 0.15) is 0 Å². The van der Waals surface area contributed by atoms with Gasteiger partial charge in [0, 0.05) is 12.6 Å². The van der Waals surface area contributed by atoms with Gasteiger partial charge < -0.3 is 19.5 Å².